The number of benzene rings is 1. The van der Waals surface area contributed by atoms with Crippen LogP contribution in [0.2, 0.25) is 0 Å². The lowest BCUT2D eigenvalue weighted by Gasteiger charge is -2.08. The summed E-state index contributed by atoms with van der Waals surface area (Å²) in [4.78, 5) is 28.4. The van der Waals surface area contributed by atoms with Gasteiger partial charge < -0.3 is 10.1 Å². The first-order chi connectivity index (χ1) is 12.2. The van der Waals surface area contributed by atoms with Crippen LogP contribution in [0.15, 0.2) is 41.5 Å². The SMILES string of the molecule is CCOc1ccc(CC(=O)NCCn2cnc(C3CC3)cc2=O)cc1. The van der Waals surface area contributed by atoms with Crippen LogP contribution >= 0.6 is 0 Å². The number of carbonyl (C=O) groups excluding carboxylic acids is 1. The number of carbonyl (C=O) groups is 1. The van der Waals surface area contributed by atoms with Crippen molar-refractivity contribution >= 4 is 5.91 Å². The topological polar surface area (TPSA) is 73.2 Å². The summed E-state index contributed by atoms with van der Waals surface area (Å²) in [5.41, 5.74) is 1.76. The lowest BCUT2D eigenvalue weighted by Crippen LogP contribution is -2.31. The molecule has 0 aliphatic heterocycles. The van der Waals surface area contributed by atoms with Gasteiger partial charge in [0, 0.05) is 25.1 Å². The molecule has 1 saturated carbocycles. The molecule has 1 heterocycles. The first-order valence-corrected chi connectivity index (χ1v) is 8.70. The predicted octanol–water partition coefficient (Wildman–Crippen LogP) is 1.88. The van der Waals surface area contributed by atoms with Crippen molar-refractivity contribution in [1.29, 1.82) is 0 Å². The van der Waals surface area contributed by atoms with Crippen molar-refractivity contribution in [2.75, 3.05) is 13.2 Å². The highest BCUT2D eigenvalue weighted by Gasteiger charge is 2.25. The molecule has 2 aromatic rings. The fourth-order valence-corrected chi connectivity index (χ4v) is 2.64. The Balaban J connectivity index is 1.45. The number of hydrogen-bond acceptors (Lipinski definition) is 4. The average Bonchev–Trinajstić information content (AvgIpc) is 3.43. The Hall–Kier alpha value is -2.63. The van der Waals surface area contributed by atoms with E-state index in [0.29, 0.717) is 32.0 Å². The highest BCUT2D eigenvalue weighted by Crippen LogP contribution is 2.38. The minimum Gasteiger partial charge on any atom is -0.494 e. The Bertz CT molecular complexity index is 779. The van der Waals surface area contributed by atoms with E-state index in [1.807, 2.05) is 31.2 Å². The van der Waals surface area contributed by atoms with E-state index < -0.39 is 0 Å². The molecule has 6 heteroatoms. The van der Waals surface area contributed by atoms with Gasteiger partial charge in [0.25, 0.3) is 5.56 Å². The maximum absolute atomic E-state index is 12.0. The Labute approximate surface area is 146 Å². The van der Waals surface area contributed by atoms with Crippen molar-refractivity contribution in [1.82, 2.24) is 14.9 Å². The summed E-state index contributed by atoms with van der Waals surface area (Å²) in [6, 6.07) is 9.10. The molecule has 0 spiro atoms. The molecule has 1 aromatic heterocycles. The average molecular weight is 341 g/mol. The normalized spacial score (nSPS) is 13.5. The van der Waals surface area contributed by atoms with Crippen molar-refractivity contribution < 1.29 is 9.53 Å². The van der Waals surface area contributed by atoms with Crippen molar-refractivity contribution in [2.24, 2.45) is 0 Å². The second kappa shape index (κ2) is 7.96. The maximum Gasteiger partial charge on any atom is 0.253 e. The van der Waals surface area contributed by atoms with Crippen LogP contribution in [0.3, 0.4) is 0 Å². The van der Waals surface area contributed by atoms with Crippen LogP contribution in [0.4, 0.5) is 0 Å². The molecule has 3 rings (SSSR count). The van der Waals surface area contributed by atoms with Gasteiger partial charge in [-0.05, 0) is 37.5 Å². The van der Waals surface area contributed by atoms with E-state index >= 15 is 0 Å². The molecule has 1 aliphatic carbocycles. The molecule has 0 bridgehead atoms. The van der Waals surface area contributed by atoms with Gasteiger partial charge in [0.05, 0.1) is 25.0 Å². The number of ether oxygens (including phenoxy) is 1. The van der Waals surface area contributed by atoms with Crippen molar-refractivity contribution in [3.05, 3.63) is 58.3 Å². The van der Waals surface area contributed by atoms with Crippen LogP contribution in [0.25, 0.3) is 0 Å². The lowest BCUT2D eigenvalue weighted by atomic mass is 10.1. The van der Waals surface area contributed by atoms with Crippen LogP contribution in [0, 0.1) is 0 Å². The molecule has 0 unspecified atom stereocenters. The third kappa shape index (κ3) is 4.92. The zero-order valence-corrected chi connectivity index (χ0v) is 14.4. The molecule has 1 fully saturated rings. The second-order valence-corrected chi connectivity index (χ2v) is 6.22. The van der Waals surface area contributed by atoms with Crippen LogP contribution in [-0.4, -0.2) is 28.6 Å². The zero-order valence-electron chi connectivity index (χ0n) is 14.4. The summed E-state index contributed by atoms with van der Waals surface area (Å²) in [6.07, 6.45) is 4.13. The lowest BCUT2D eigenvalue weighted by molar-refractivity contribution is -0.120. The van der Waals surface area contributed by atoms with Gasteiger partial charge in [0.15, 0.2) is 0 Å². The van der Waals surface area contributed by atoms with Crippen molar-refractivity contribution in [3.8, 4) is 5.75 Å². The molecule has 132 valence electrons. The van der Waals surface area contributed by atoms with Gasteiger partial charge in [0.1, 0.15) is 5.75 Å². The third-order valence-electron chi connectivity index (χ3n) is 4.17. The van der Waals surface area contributed by atoms with Gasteiger partial charge >= 0.3 is 0 Å². The Morgan fingerprint density at radius 3 is 2.72 bits per heavy atom. The molecule has 0 atom stereocenters. The van der Waals surface area contributed by atoms with Gasteiger partial charge in [-0.3, -0.25) is 14.2 Å². The Morgan fingerprint density at radius 2 is 2.08 bits per heavy atom. The Kier molecular flexibility index (Phi) is 5.48. The fourth-order valence-electron chi connectivity index (χ4n) is 2.64. The van der Waals surface area contributed by atoms with Gasteiger partial charge in [0.2, 0.25) is 5.91 Å². The van der Waals surface area contributed by atoms with Crippen LogP contribution < -0.4 is 15.6 Å². The molecular weight excluding hydrogens is 318 g/mol. The number of nitrogens with zero attached hydrogens (tertiary/aromatic N) is 2. The summed E-state index contributed by atoms with van der Waals surface area (Å²) in [6.45, 7) is 3.38. The Morgan fingerprint density at radius 1 is 1.32 bits per heavy atom. The third-order valence-corrected chi connectivity index (χ3v) is 4.17. The van der Waals surface area contributed by atoms with Crippen LogP contribution in [-0.2, 0) is 17.8 Å². The van der Waals surface area contributed by atoms with Gasteiger partial charge in [-0.1, -0.05) is 12.1 Å². The molecule has 1 amide bonds. The number of amides is 1. The van der Waals surface area contributed by atoms with Gasteiger partial charge in [-0.25, -0.2) is 4.98 Å². The van der Waals surface area contributed by atoms with E-state index in [1.165, 1.54) is 4.57 Å². The fraction of sp³-hybridized carbons (Fsp3) is 0.421. The smallest absolute Gasteiger partial charge is 0.253 e. The van der Waals surface area contributed by atoms with E-state index in [2.05, 4.69) is 10.3 Å². The van der Waals surface area contributed by atoms with E-state index in [9.17, 15) is 9.59 Å². The number of hydrogen-bond donors (Lipinski definition) is 1. The van der Waals surface area contributed by atoms with Crippen LogP contribution in [0.5, 0.6) is 5.75 Å². The van der Waals surface area contributed by atoms with Crippen molar-refractivity contribution in [3.63, 3.8) is 0 Å². The number of rotatable bonds is 8. The molecule has 1 aliphatic rings. The standard InChI is InChI=1S/C19H23N3O3/c1-2-25-16-7-3-14(4-8-16)11-18(23)20-9-10-22-13-21-17(12-19(22)24)15-5-6-15/h3-4,7-8,12-13,15H,2,5-6,9-11H2,1H3,(H,20,23). The first-order valence-electron chi connectivity index (χ1n) is 8.70. The van der Waals surface area contributed by atoms with Gasteiger partial charge in [-0.15, -0.1) is 0 Å². The quantitative estimate of drug-likeness (QED) is 0.796. The predicted molar refractivity (Wildman–Crippen MR) is 94.8 cm³/mol. The summed E-state index contributed by atoms with van der Waals surface area (Å²) >= 11 is 0. The highest BCUT2D eigenvalue weighted by atomic mass is 16.5. The number of aromatic nitrogens is 2. The molecule has 1 N–H and O–H groups in total. The second-order valence-electron chi connectivity index (χ2n) is 6.22. The van der Waals surface area contributed by atoms with Crippen LogP contribution in [0.1, 0.15) is 36.9 Å². The van der Waals surface area contributed by atoms with E-state index in [4.69, 9.17) is 4.74 Å². The molecular formula is C19H23N3O3. The molecule has 0 radical (unpaired) electrons. The molecule has 25 heavy (non-hydrogen) atoms. The summed E-state index contributed by atoms with van der Waals surface area (Å²) in [5, 5.41) is 2.84. The largest absolute Gasteiger partial charge is 0.494 e. The molecule has 0 saturated heterocycles. The summed E-state index contributed by atoms with van der Waals surface area (Å²) < 4.78 is 6.91. The monoisotopic (exact) mass is 341 g/mol. The minimum absolute atomic E-state index is 0.0577. The molecule has 1 aromatic carbocycles. The summed E-state index contributed by atoms with van der Waals surface area (Å²) in [7, 11) is 0. The molecule has 6 nitrogen and oxygen atoms in total. The maximum atomic E-state index is 12.0. The first kappa shape index (κ1) is 17.2. The van der Waals surface area contributed by atoms with Gasteiger partial charge in [-0.2, -0.15) is 0 Å². The number of nitrogens with one attached hydrogen (secondary N) is 1. The van der Waals surface area contributed by atoms with E-state index in [0.717, 1.165) is 29.8 Å². The zero-order chi connectivity index (χ0) is 17.6. The van der Waals surface area contributed by atoms with E-state index in [1.54, 1.807) is 12.4 Å². The summed E-state index contributed by atoms with van der Waals surface area (Å²) in [5.74, 6) is 1.20. The van der Waals surface area contributed by atoms with E-state index in [-0.39, 0.29) is 11.5 Å². The minimum atomic E-state index is -0.0697. The van der Waals surface area contributed by atoms with Crippen molar-refractivity contribution in [2.45, 2.75) is 38.6 Å². The highest BCUT2D eigenvalue weighted by molar-refractivity contribution is 5.78.